The van der Waals surface area contributed by atoms with E-state index in [9.17, 15) is 0 Å². The fourth-order valence-corrected chi connectivity index (χ4v) is 2.87. The van der Waals surface area contributed by atoms with Gasteiger partial charge in [-0.15, -0.1) is 11.3 Å². The summed E-state index contributed by atoms with van der Waals surface area (Å²) in [7, 11) is 0. The molecule has 0 bridgehead atoms. The van der Waals surface area contributed by atoms with Gasteiger partial charge in [-0.1, -0.05) is 40.0 Å². The Morgan fingerprint density at radius 1 is 1.00 bits per heavy atom. The van der Waals surface area contributed by atoms with Crippen LogP contribution in [0.3, 0.4) is 0 Å². The van der Waals surface area contributed by atoms with Gasteiger partial charge in [0.2, 0.25) is 5.82 Å². The largest absolute Gasteiger partial charge is 0.333 e. The van der Waals surface area contributed by atoms with E-state index >= 15 is 0 Å². The van der Waals surface area contributed by atoms with Crippen LogP contribution in [-0.4, -0.2) is 10.1 Å². The van der Waals surface area contributed by atoms with E-state index in [0.717, 1.165) is 10.4 Å². The van der Waals surface area contributed by atoms with Gasteiger partial charge in [-0.2, -0.15) is 4.98 Å². The summed E-state index contributed by atoms with van der Waals surface area (Å²) in [6, 6.07) is 6.94. The minimum atomic E-state index is 0.390. The zero-order valence-corrected chi connectivity index (χ0v) is 12.3. The first kappa shape index (κ1) is 12.9. The molecule has 0 N–H and O–H groups in total. The lowest BCUT2D eigenvalue weighted by molar-refractivity contribution is 0.433. The molecule has 2 aromatic heterocycles. The number of halogens is 3. The number of nitrogens with zero attached hydrogens (tertiary/aromatic N) is 2. The minimum absolute atomic E-state index is 0.390. The molecule has 19 heavy (non-hydrogen) atoms. The molecule has 0 aliphatic carbocycles. The number of aromatic nitrogens is 2. The first-order valence-corrected chi connectivity index (χ1v) is 7.19. The zero-order valence-electron chi connectivity index (χ0n) is 9.23. The Morgan fingerprint density at radius 2 is 1.84 bits per heavy atom. The predicted octanol–water partition coefficient (Wildman–Crippen LogP) is 5.43. The summed E-state index contributed by atoms with van der Waals surface area (Å²) in [5.74, 6) is 0.833. The van der Waals surface area contributed by atoms with E-state index in [2.05, 4.69) is 10.1 Å². The Hall–Kier alpha value is -1.07. The first-order valence-electron chi connectivity index (χ1n) is 5.17. The summed E-state index contributed by atoms with van der Waals surface area (Å²) in [6.07, 6.45) is 0. The molecule has 0 spiro atoms. The Balaban J connectivity index is 2.01. The van der Waals surface area contributed by atoms with Crippen LogP contribution < -0.4 is 0 Å². The van der Waals surface area contributed by atoms with Crippen molar-refractivity contribution >= 4 is 46.1 Å². The lowest BCUT2D eigenvalue weighted by atomic mass is 10.2. The molecule has 3 rings (SSSR count). The van der Waals surface area contributed by atoms with Crippen molar-refractivity contribution in [2.45, 2.75) is 0 Å². The van der Waals surface area contributed by atoms with Gasteiger partial charge in [0.25, 0.3) is 5.89 Å². The molecule has 0 aliphatic rings. The molecule has 96 valence electrons. The molecule has 0 aliphatic heterocycles. The van der Waals surface area contributed by atoms with Gasteiger partial charge < -0.3 is 4.52 Å². The molecule has 0 atom stereocenters. The number of benzene rings is 1. The first-order chi connectivity index (χ1) is 9.15. The molecule has 0 amide bonds. The van der Waals surface area contributed by atoms with Gasteiger partial charge in [-0.05, 0) is 29.6 Å². The highest BCUT2D eigenvalue weighted by atomic mass is 35.5. The highest BCUT2D eigenvalue weighted by molar-refractivity contribution is 7.14. The second-order valence-corrected chi connectivity index (χ2v) is 5.79. The van der Waals surface area contributed by atoms with E-state index in [4.69, 9.17) is 39.3 Å². The van der Waals surface area contributed by atoms with Crippen LogP contribution in [0, 0.1) is 0 Å². The number of rotatable bonds is 2. The summed E-state index contributed by atoms with van der Waals surface area (Å²) in [4.78, 5) is 5.05. The molecular weight excluding hydrogens is 327 g/mol. The molecule has 0 saturated carbocycles. The Kier molecular flexibility index (Phi) is 3.50. The van der Waals surface area contributed by atoms with Crippen LogP contribution in [0.2, 0.25) is 15.1 Å². The fourth-order valence-electron chi connectivity index (χ4n) is 1.51. The van der Waals surface area contributed by atoms with Gasteiger partial charge in [0.1, 0.15) is 4.88 Å². The third-order valence-electron chi connectivity index (χ3n) is 2.42. The highest BCUT2D eigenvalue weighted by Crippen LogP contribution is 2.34. The second kappa shape index (κ2) is 5.13. The minimum Gasteiger partial charge on any atom is -0.333 e. The summed E-state index contributed by atoms with van der Waals surface area (Å²) >= 11 is 19.3. The molecule has 0 saturated heterocycles. The van der Waals surface area contributed by atoms with Crippen LogP contribution in [-0.2, 0) is 0 Å². The zero-order chi connectivity index (χ0) is 13.4. The summed E-state index contributed by atoms with van der Waals surface area (Å²) in [5, 5.41) is 7.29. The number of hydrogen-bond acceptors (Lipinski definition) is 4. The molecule has 3 nitrogen and oxygen atoms in total. The standard InChI is InChI=1S/C12H5Cl3N2OS/c13-7-2-1-6(5-9(7)15)11-16-12(18-17-11)10-8(14)3-4-19-10/h1-5H. The average Bonchev–Trinajstić information content (AvgIpc) is 3.01. The highest BCUT2D eigenvalue weighted by Gasteiger charge is 2.15. The maximum atomic E-state index is 6.02. The Morgan fingerprint density at radius 3 is 2.53 bits per heavy atom. The molecule has 0 fully saturated rings. The van der Waals surface area contributed by atoms with Crippen LogP contribution in [0.5, 0.6) is 0 Å². The van der Waals surface area contributed by atoms with Gasteiger partial charge in [-0.3, -0.25) is 0 Å². The van der Waals surface area contributed by atoms with Crippen LogP contribution in [0.15, 0.2) is 34.2 Å². The molecule has 3 aromatic rings. The van der Waals surface area contributed by atoms with Crippen molar-refractivity contribution in [1.82, 2.24) is 10.1 Å². The van der Waals surface area contributed by atoms with Crippen molar-refractivity contribution < 1.29 is 4.52 Å². The molecule has 0 radical (unpaired) electrons. The molecular formula is C12H5Cl3N2OS. The van der Waals surface area contributed by atoms with Crippen molar-refractivity contribution in [3.63, 3.8) is 0 Å². The van der Waals surface area contributed by atoms with Crippen molar-refractivity contribution in [1.29, 1.82) is 0 Å². The lowest BCUT2D eigenvalue weighted by Crippen LogP contribution is -1.81. The SMILES string of the molecule is Clc1ccc(-c2noc(-c3sccc3Cl)n2)cc1Cl. The molecule has 2 heterocycles. The third kappa shape index (κ3) is 2.49. The summed E-state index contributed by atoms with van der Waals surface area (Å²) < 4.78 is 5.20. The molecule has 1 aromatic carbocycles. The topological polar surface area (TPSA) is 38.9 Å². The van der Waals surface area contributed by atoms with Crippen LogP contribution in [0.4, 0.5) is 0 Å². The van der Waals surface area contributed by atoms with Crippen LogP contribution in [0.1, 0.15) is 0 Å². The fraction of sp³-hybridized carbons (Fsp3) is 0. The molecule has 7 heteroatoms. The monoisotopic (exact) mass is 330 g/mol. The van der Waals surface area contributed by atoms with Gasteiger partial charge in [-0.25, -0.2) is 0 Å². The van der Waals surface area contributed by atoms with Gasteiger partial charge >= 0.3 is 0 Å². The van der Waals surface area contributed by atoms with Crippen LogP contribution in [0.25, 0.3) is 22.2 Å². The summed E-state index contributed by atoms with van der Waals surface area (Å²) in [6.45, 7) is 0. The maximum Gasteiger partial charge on any atom is 0.269 e. The smallest absolute Gasteiger partial charge is 0.269 e. The maximum absolute atomic E-state index is 6.02. The molecule has 0 unspecified atom stereocenters. The number of hydrogen-bond donors (Lipinski definition) is 0. The Bertz CT molecular complexity index is 738. The van der Waals surface area contributed by atoms with Crippen molar-refractivity contribution in [3.8, 4) is 22.2 Å². The van der Waals surface area contributed by atoms with E-state index in [1.54, 1.807) is 24.3 Å². The van der Waals surface area contributed by atoms with E-state index in [-0.39, 0.29) is 0 Å². The van der Waals surface area contributed by atoms with E-state index in [1.807, 2.05) is 5.38 Å². The van der Waals surface area contributed by atoms with Gasteiger partial charge in [0, 0.05) is 5.56 Å². The number of thiophene rings is 1. The third-order valence-corrected chi connectivity index (χ3v) is 4.48. The predicted molar refractivity (Wildman–Crippen MR) is 78.1 cm³/mol. The van der Waals surface area contributed by atoms with Crippen molar-refractivity contribution in [2.24, 2.45) is 0 Å². The lowest BCUT2D eigenvalue weighted by Gasteiger charge is -1.97. The van der Waals surface area contributed by atoms with Crippen molar-refractivity contribution in [2.75, 3.05) is 0 Å². The van der Waals surface area contributed by atoms with Gasteiger partial charge in [0.05, 0.1) is 15.1 Å². The van der Waals surface area contributed by atoms with E-state index in [0.29, 0.717) is 26.8 Å². The second-order valence-electron chi connectivity index (χ2n) is 3.65. The average molecular weight is 332 g/mol. The van der Waals surface area contributed by atoms with Crippen molar-refractivity contribution in [3.05, 3.63) is 44.7 Å². The van der Waals surface area contributed by atoms with Gasteiger partial charge in [0.15, 0.2) is 0 Å². The van der Waals surface area contributed by atoms with Crippen LogP contribution >= 0.6 is 46.1 Å². The quantitative estimate of drug-likeness (QED) is 0.629. The Labute approximate surface area is 127 Å². The summed E-state index contributed by atoms with van der Waals surface area (Å²) in [5.41, 5.74) is 0.733. The van der Waals surface area contributed by atoms with E-state index in [1.165, 1.54) is 11.3 Å². The normalized spacial score (nSPS) is 10.9. The van der Waals surface area contributed by atoms with E-state index < -0.39 is 0 Å².